The fraction of sp³-hybridized carbons (Fsp3) is 0.222. The molecule has 1 aromatic rings. The zero-order valence-electron chi connectivity index (χ0n) is 8.25. The smallest absolute Gasteiger partial charge is 0.422 e. The van der Waals surface area contributed by atoms with Gasteiger partial charge in [-0.2, -0.15) is 22.0 Å². The molecule has 0 fully saturated rings. The number of carbonyl (C=O) groups excluding carboxylic acids is 1. The number of rotatable bonds is 3. The molecule has 0 saturated heterocycles. The van der Waals surface area contributed by atoms with Gasteiger partial charge in [0.25, 0.3) is 0 Å². The molecule has 0 spiro atoms. The highest BCUT2D eigenvalue weighted by atomic mass is 19.4. The Labute approximate surface area is 95.0 Å². The first kappa shape index (κ1) is 14.3. The van der Waals surface area contributed by atoms with Gasteiger partial charge in [0.15, 0.2) is 30.3 Å². The van der Waals surface area contributed by atoms with E-state index >= 15 is 0 Å². The van der Waals surface area contributed by atoms with E-state index in [0.717, 1.165) is 0 Å². The van der Waals surface area contributed by atoms with E-state index in [1.165, 1.54) is 0 Å². The zero-order valence-corrected chi connectivity index (χ0v) is 8.25. The van der Waals surface area contributed by atoms with Gasteiger partial charge in [-0.05, 0) is 0 Å². The van der Waals surface area contributed by atoms with E-state index in [1.54, 1.807) is 0 Å². The van der Waals surface area contributed by atoms with E-state index in [2.05, 4.69) is 4.74 Å². The highest BCUT2D eigenvalue weighted by Gasteiger charge is 2.32. The lowest BCUT2D eigenvalue weighted by Crippen LogP contribution is -2.21. The van der Waals surface area contributed by atoms with Crippen LogP contribution >= 0.6 is 0 Å². The van der Waals surface area contributed by atoms with E-state index in [0.29, 0.717) is 0 Å². The molecule has 0 saturated carbocycles. The maximum atomic E-state index is 13.0. The van der Waals surface area contributed by atoms with Crippen molar-refractivity contribution >= 4 is 6.29 Å². The second-order valence-corrected chi connectivity index (χ2v) is 3.02. The van der Waals surface area contributed by atoms with Crippen LogP contribution in [0.4, 0.5) is 30.7 Å². The van der Waals surface area contributed by atoms with Crippen molar-refractivity contribution in [3.63, 3.8) is 0 Å². The van der Waals surface area contributed by atoms with Gasteiger partial charge < -0.3 is 4.74 Å². The molecule has 0 N–H and O–H groups in total. The fourth-order valence-corrected chi connectivity index (χ4v) is 1.01. The molecule has 0 heterocycles. The van der Waals surface area contributed by atoms with Gasteiger partial charge in [0, 0.05) is 0 Å². The Morgan fingerprint density at radius 1 is 0.944 bits per heavy atom. The van der Waals surface area contributed by atoms with Crippen LogP contribution in [0.25, 0.3) is 0 Å². The molecule has 100 valence electrons. The molecular weight excluding hydrogens is 273 g/mol. The van der Waals surface area contributed by atoms with Crippen LogP contribution in [0.3, 0.4) is 0 Å². The first-order chi connectivity index (χ1) is 8.19. The number of alkyl halides is 3. The molecule has 1 aromatic carbocycles. The topological polar surface area (TPSA) is 26.3 Å². The van der Waals surface area contributed by atoms with Crippen LogP contribution in [-0.2, 0) is 0 Å². The zero-order chi connectivity index (χ0) is 14.1. The van der Waals surface area contributed by atoms with Gasteiger partial charge >= 0.3 is 6.18 Å². The van der Waals surface area contributed by atoms with Gasteiger partial charge in [-0.3, -0.25) is 4.79 Å². The minimum absolute atomic E-state index is 0.510. The Bertz CT molecular complexity index is 452. The molecule has 18 heavy (non-hydrogen) atoms. The molecule has 0 unspecified atom stereocenters. The molecule has 0 aliphatic carbocycles. The van der Waals surface area contributed by atoms with Gasteiger partial charge in [-0.15, -0.1) is 0 Å². The maximum absolute atomic E-state index is 13.0. The molecule has 2 nitrogen and oxygen atoms in total. The summed E-state index contributed by atoms with van der Waals surface area (Å²) in [4.78, 5) is 10.1. The summed E-state index contributed by atoms with van der Waals surface area (Å²) in [6, 6.07) is 0. The number of hydrogen-bond acceptors (Lipinski definition) is 2. The van der Waals surface area contributed by atoms with Crippen LogP contribution in [0, 0.1) is 23.3 Å². The van der Waals surface area contributed by atoms with E-state index in [-0.39, 0.29) is 0 Å². The largest absolute Gasteiger partial charge is 0.478 e. The number of hydrogen-bond donors (Lipinski definition) is 0. The molecule has 0 aliphatic heterocycles. The Kier molecular flexibility index (Phi) is 3.82. The van der Waals surface area contributed by atoms with Crippen molar-refractivity contribution in [3.8, 4) is 5.75 Å². The Morgan fingerprint density at radius 2 is 1.39 bits per heavy atom. The summed E-state index contributed by atoms with van der Waals surface area (Å²) in [5.74, 6) is -10.5. The molecule has 0 atom stereocenters. The second-order valence-electron chi connectivity index (χ2n) is 3.02. The summed E-state index contributed by atoms with van der Waals surface area (Å²) < 4.78 is 90.8. The third-order valence-corrected chi connectivity index (χ3v) is 1.76. The molecule has 0 bridgehead atoms. The molecule has 0 amide bonds. The highest BCUT2D eigenvalue weighted by Crippen LogP contribution is 2.30. The van der Waals surface area contributed by atoms with Crippen LogP contribution in [-0.4, -0.2) is 19.1 Å². The van der Waals surface area contributed by atoms with Crippen molar-refractivity contribution in [1.29, 1.82) is 0 Å². The van der Waals surface area contributed by atoms with Crippen molar-refractivity contribution < 1.29 is 40.3 Å². The monoisotopic (exact) mass is 276 g/mol. The van der Waals surface area contributed by atoms with Gasteiger partial charge in [-0.1, -0.05) is 0 Å². The molecule has 1 rings (SSSR count). The average Bonchev–Trinajstić information content (AvgIpc) is 2.26. The summed E-state index contributed by atoms with van der Waals surface area (Å²) in [6.45, 7) is -2.14. The summed E-state index contributed by atoms with van der Waals surface area (Å²) in [5, 5.41) is 0. The summed E-state index contributed by atoms with van der Waals surface area (Å²) >= 11 is 0. The number of benzene rings is 1. The van der Waals surface area contributed by atoms with E-state index in [4.69, 9.17) is 0 Å². The second kappa shape index (κ2) is 4.83. The van der Waals surface area contributed by atoms with Crippen LogP contribution < -0.4 is 4.74 Å². The van der Waals surface area contributed by atoms with Gasteiger partial charge in [-0.25, -0.2) is 8.78 Å². The lowest BCUT2D eigenvalue weighted by atomic mass is 10.2. The normalized spacial score (nSPS) is 11.5. The number of halogens is 7. The first-order valence-electron chi connectivity index (χ1n) is 4.19. The molecule has 0 radical (unpaired) electrons. The summed E-state index contributed by atoms with van der Waals surface area (Å²) in [5.41, 5.74) is -1.57. The maximum Gasteiger partial charge on any atom is 0.422 e. The Morgan fingerprint density at radius 3 is 1.72 bits per heavy atom. The fourth-order valence-electron chi connectivity index (χ4n) is 1.01. The van der Waals surface area contributed by atoms with Crippen molar-refractivity contribution in [2.45, 2.75) is 6.18 Å². The van der Waals surface area contributed by atoms with Crippen molar-refractivity contribution in [2.24, 2.45) is 0 Å². The lowest BCUT2D eigenvalue weighted by molar-refractivity contribution is -0.154. The summed E-state index contributed by atoms with van der Waals surface area (Å²) in [6.07, 6.45) is -5.46. The van der Waals surface area contributed by atoms with Crippen LogP contribution in [0.2, 0.25) is 0 Å². The molecule has 0 aliphatic rings. The van der Waals surface area contributed by atoms with Crippen molar-refractivity contribution in [1.82, 2.24) is 0 Å². The Hall–Kier alpha value is -1.80. The van der Waals surface area contributed by atoms with Gasteiger partial charge in [0.05, 0.1) is 5.56 Å². The summed E-state index contributed by atoms with van der Waals surface area (Å²) in [7, 11) is 0. The quantitative estimate of drug-likeness (QED) is 0.482. The Balaban J connectivity index is 3.25. The molecule has 9 heteroatoms. The third kappa shape index (κ3) is 2.71. The predicted octanol–water partition coefficient (Wildman–Crippen LogP) is 3.00. The molecule has 0 aromatic heterocycles. The lowest BCUT2D eigenvalue weighted by Gasteiger charge is -2.12. The first-order valence-corrected chi connectivity index (χ1v) is 4.19. The van der Waals surface area contributed by atoms with E-state index < -0.39 is 53.7 Å². The number of ether oxygens (including phenoxy) is 1. The van der Waals surface area contributed by atoms with E-state index in [9.17, 15) is 35.5 Å². The van der Waals surface area contributed by atoms with Crippen molar-refractivity contribution in [3.05, 3.63) is 28.8 Å². The van der Waals surface area contributed by atoms with E-state index in [1.807, 2.05) is 0 Å². The number of carbonyl (C=O) groups is 1. The highest BCUT2D eigenvalue weighted by molar-refractivity contribution is 5.76. The standard InChI is InChI=1S/C9H3F7O2/c10-4-3(1-17)5(11)7(13)8(6(4)12)18-2-9(14,15)16/h1H,2H2. The van der Waals surface area contributed by atoms with Crippen LogP contribution in [0.1, 0.15) is 10.4 Å². The predicted molar refractivity (Wildman–Crippen MR) is 43.2 cm³/mol. The van der Waals surface area contributed by atoms with Crippen molar-refractivity contribution in [2.75, 3.05) is 6.61 Å². The van der Waals surface area contributed by atoms with Crippen LogP contribution in [0.15, 0.2) is 0 Å². The van der Waals surface area contributed by atoms with Gasteiger partial charge in [0.1, 0.15) is 0 Å². The van der Waals surface area contributed by atoms with Crippen LogP contribution in [0.5, 0.6) is 5.75 Å². The minimum Gasteiger partial charge on any atom is -0.478 e. The number of aldehydes is 1. The minimum atomic E-state index is -4.95. The SMILES string of the molecule is O=Cc1c(F)c(F)c(OCC(F)(F)F)c(F)c1F. The van der Waals surface area contributed by atoms with Gasteiger partial charge in [0.2, 0.25) is 11.6 Å². The third-order valence-electron chi connectivity index (χ3n) is 1.76. The molecular formula is C9H3F7O2. The average molecular weight is 276 g/mol.